The molecule has 7 heteroatoms. The van der Waals surface area contributed by atoms with E-state index in [0.29, 0.717) is 11.4 Å². The highest BCUT2D eigenvalue weighted by atomic mass is 79.9. The first kappa shape index (κ1) is 17.9. The molecule has 0 bridgehead atoms. The van der Waals surface area contributed by atoms with Gasteiger partial charge in [0.25, 0.3) is 11.5 Å². The Hall–Kier alpha value is -2.93. The Labute approximate surface area is 157 Å². The van der Waals surface area contributed by atoms with Crippen LogP contribution in [-0.4, -0.2) is 15.5 Å². The van der Waals surface area contributed by atoms with Crippen LogP contribution in [0.2, 0.25) is 0 Å². The van der Waals surface area contributed by atoms with Gasteiger partial charge in [-0.25, -0.2) is 9.36 Å². The van der Waals surface area contributed by atoms with Crippen LogP contribution in [0.1, 0.15) is 21.5 Å². The molecule has 2 N–H and O–H groups in total. The number of hydrogen-bond donors (Lipinski definition) is 2. The average molecular weight is 414 g/mol. The third-order valence-electron chi connectivity index (χ3n) is 4.07. The Morgan fingerprint density at radius 3 is 2.38 bits per heavy atom. The van der Waals surface area contributed by atoms with E-state index in [4.69, 9.17) is 0 Å². The van der Waals surface area contributed by atoms with Gasteiger partial charge in [0.15, 0.2) is 0 Å². The minimum atomic E-state index is -0.674. The molecule has 0 spiro atoms. The van der Waals surface area contributed by atoms with Gasteiger partial charge in [-0.15, -0.1) is 0 Å². The van der Waals surface area contributed by atoms with E-state index in [9.17, 15) is 14.4 Å². The maximum absolute atomic E-state index is 12.7. The van der Waals surface area contributed by atoms with E-state index >= 15 is 0 Å². The van der Waals surface area contributed by atoms with Gasteiger partial charge in [-0.1, -0.05) is 22.0 Å². The van der Waals surface area contributed by atoms with E-state index < -0.39 is 17.2 Å². The minimum Gasteiger partial charge on any atom is -0.322 e. The van der Waals surface area contributed by atoms with Gasteiger partial charge >= 0.3 is 5.69 Å². The highest BCUT2D eigenvalue weighted by molar-refractivity contribution is 9.10. The molecule has 1 heterocycles. The summed E-state index contributed by atoms with van der Waals surface area (Å²) in [6.07, 6.45) is 1.14. The van der Waals surface area contributed by atoms with E-state index in [1.165, 1.54) is 0 Å². The van der Waals surface area contributed by atoms with Gasteiger partial charge in [-0.2, -0.15) is 0 Å². The molecule has 0 atom stereocenters. The summed E-state index contributed by atoms with van der Waals surface area (Å²) < 4.78 is 1.83. The van der Waals surface area contributed by atoms with Crippen LogP contribution in [-0.2, 0) is 0 Å². The Balaban J connectivity index is 2.03. The van der Waals surface area contributed by atoms with Crippen molar-refractivity contribution in [3.63, 3.8) is 0 Å². The summed E-state index contributed by atoms with van der Waals surface area (Å²) in [5.74, 6) is -0.592. The van der Waals surface area contributed by atoms with Gasteiger partial charge in [0.1, 0.15) is 5.56 Å². The summed E-state index contributed by atoms with van der Waals surface area (Å²) in [6.45, 7) is 3.83. The van der Waals surface area contributed by atoms with Crippen LogP contribution in [0.25, 0.3) is 5.69 Å². The van der Waals surface area contributed by atoms with Crippen LogP contribution in [0.3, 0.4) is 0 Å². The zero-order valence-corrected chi connectivity index (χ0v) is 15.8. The molecule has 0 unspecified atom stereocenters. The Morgan fingerprint density at radius 2 is 1.73 bits per heavy atom. The summed E-state index contributed by atoms with van der Waals surface area (Å²) in [5, 5.41) is 2.65. The smallest absolute Gasteiger partial charge is 0.322 e. The van der Waals surface area contributed by atoms with Crippen molar-refractivity contribution in [1.29, 1.82) is 0 Å². The summed E-state index contributed by atoms with van der Waals surface area (Å²) in [4.78, 5) is 39.9. The van der Waals surface area contributed by atoms with E-state index in [1.807, 2.05) is 19.9 Å². The second-order valence-corrected chi connectivity index (χ2v) is 6.79. The van der Waals surface area contributed by atoms with E-state index in [1.54, 1.807) is 36.4 Å². The van der Waals surface area contributed by atoms with Gasteiger partial charge in [0, 0.05) is 16.4 Å². The monoisotopic (exact) mass is 413 g/mol. The lowest BCUT2D eigenvalue weighted by Gasteiger charge is -2.09. The Bertz CT molecular complexity index is 1100. The number of hydrogen-bond acceptors (Lipinski definition) is 3. The number of aromatic nitrogens is 2. The first-order valence-electron chi connectivity index (χ1n) is 7.86. The molecule has 3 aromatic rings. The number of amides is 1. The fourth-order valence-corrected chi connectivity index (χ4v) is 2.73. The number of nitrogens with one attached hydrogen (secondary N) is 2. The molecule has 132 valence electrons. The number of carbonyl (C=O) groups is 1. The van der Waals surface area contributed by atoms with Crippen LogP contribution in [0.4, 0.5) is 5.69 Å². The zero-order valence-electron chi connectivity index (χ0n) is 14.2. The molecule has 0 saturated heterocycles. The molecule has 26 heavy (non-hydrogen) atoms. The average Bonchev–Trinajstić information content (AvgIpc) is 2.60. The highest BCUT2D eigenvalue weighted by Gasteiger charge is 2.16. The lowest BCUT2D eigenvalue weighted by atomic mass is 10.1. The van der Waals surface area contributed by atoms with Gasteiger partial charge in [0.05, 0.1) is 5.69 Å². The Morgan fingerprint density at radius 1 is 1.04 bits per heavy atom. The maximum atomic E-state index is 12.7. The number of rotatable bonds is 3. The largest absolute Gasteiger partial charge is 0.333 e. The van der Waals surface area contributed by atoms with Gasteiger partial charge in [0.2, 0.25) is 0 Å². The number of nitrogens with zero attached hydrogens (tertiary/aromatic N) is 1. The second kappa shape index (κ2) is 7.13. The summed E-state index contributed by atoms with van der Waals surface area (Å²) in [7, 11) is 0. The van der Waals surface area contributed by atoms with Crippen molar-refractivity contribution in [3.8, 4) is 5.69 Å². The van der Waals surface area contributed by atoms with Crippen molar-refractivity contribution in [2.75, 3.05) is 5.32 Å². The standard InChI is InChI=1S/C19H16BrN3O3/c1-11-3-8-15(9-12(11)2)23-18(25)16(10-21-19(23)26)17(24)22-14-6-4-13(20)5-7-14/h3-10H,1-2H3,(H,21,26)(H,22,24). The lowest BCUT2D eigenvalue weighted by molar-refractivity contribution is 0.102. The topological polar surface area (TPSA) is 84.0 Å². The lowest BCUT2D eigenvalue weighted by Crippen LogP contribution is -2.38. The van der Waals surface area contributed by atoms with Crippen molar-refractivity contribution in [2.24, 2.45) is 0 Å². The van der Waals surface area contributed by atoms with Crippen molar-refractivity contribution in [3.05, 3.63) is 90.7 Å². The maximum Gasteiger partial charge on any atom is 0.333 e. The minimum absolute atomic E-state index is 0.147. The number of halogens is 1. The van der Waals surface area contributed by atoms with Crippen molar-refractivity contribution < 1.29 is 4.79 Å². The molecule has 0 aliphatic carbocycles. The molecule has 2 aromatic carbocycles. The normalized spacial score (nSPS) is 10.6. The number of aromatic amines is 1. The summed E-state index contributed by atoms with van der Waals surface area (Å²) >= 11 is 3.32. The van der Waals surface area contributed by atoms with Crippen LogP contribution >= 0.6 is 15.9 Å². The molecule has 0 saturated carbocycles. The molecule has 0 aliphatic heterocycles. The third-order valence-corrected chi connectivity index (χ3v) is 4.60. The molecule has 0 radical (unpaired) electrons. The fourth-order valence-electron chi connectivity index (χ4n) is 2.47. The van der Waals surface area contributed by atoms with Crippen LogP contribution in [0.5, 0.6) is 0 Å². The molecule has 0 fully saturated rings. The van der Waals surface area contributed by atoms with Crippen molar-refractivity contribution in [2.45, 2.75) is 13.8 Å². The van der Waals surface area contributed by atoms with E-state index in [2.05, 4.69) is 26.2 Å². The first-order chi connectivity index (χ1) is 12.4. The number of aryl methyl sites for hydroxylation is 2. The summed E-state index contributed by atoms with van der Waals surface area (Å²) in [6, 6.07) is 12.2. The zero-order chi connectivity index (χ0) is 18.8. The van der Waals surface area contributed by atoms with Gasteiger partial charge < -0.3 is 10.3 Å². The first-order valence-corrected chi connectivity index (χ1v) is 8.65. The van der Waals surface area contributed by atoms with Crippen LogP contribution < -0.4 is 16.6 Å². The van der Waals surface area contributed by atoms with Crippen LogP contribution in [0.15, 0.2) is 62.7 Å². The van der Waals surface area contributed by atoms with Crippen LogP contribution in [0, 0.1) is 13.8 Å². The quantitative estimate of drug-likeness (QED) is 0.691. The molecule has 0 aliphatic rings. The van der Waals surface area contributed by atoms with E-state index in [-0.39, 0.29) is 5.56 Å². The van der Waals surface area contributed by atoms with Crippen molar-refractivity contribution in [1.82, 2.24) is 9.55 Å². The molecular weight excluding hydrogens is 398 g/mol. The Kier molecular flexibility index (Phi) is 4.90. The number of anilines is 1. The fraction of sp³-hybridized carbons (Fsp3) is 0.105. The molecule has 1 amide bonds. The highest BCUT2D eigenvalue weighted by Crippen LogP contribution is 2.15. The summed E-state index contributed by atoms with van der Waals surface area (Å²) in [5.41, 5.74) is 1.52. The van der Waals surface area contributed by atoms with Gasteiger partial charge in [-0.05, 0) is 61.4 Å². The van der Waals surface area contributed by atoms with E-state index in [0.717, 1.165) is 26.4 Å². The van der Waals surface area contributed by atoms with Crippen molar-refractivity contribution >= 4 is 27.5 Å². The predicted octanol–water partition coefficient (Wildman–Crippen LogP) is 3.16. The number of benzene rings is 2. The van der Waals surface area contributed by atoms with Gasteiger partial charge in [-0.3, -0.25) is 9.59 Å². The predicted molar refractivity (Wildman–Crippen MR) is 104 cm³/mol. The molecular formula is C19H16BrN3O3. The number of carbonyl (C=O) groups excluding carboxylic acids is 1. The molecule has 1 aromatic heterocycles. The molecule has 3 rings (SSSR count). The SMILES string of the molecule is Cc1ccc(-n2c(=O)[nH]cc(C(=O)Nc3ccc(Br)cc3)c2=O)cc1C. The third kappa shape index (κ3) is 3.52. The number of H-pyrrole nitrogens is 1. The molecule has 6 nitrogen and oxygen atoms in total. The second-order valence-electron chi connectivity index (χ2n) is 5.88.